The van der Waals surface area contributed by atoms with Gasteiger partial charge >= 0.3 is 11.9 Å². The Morgan fingerprint density at radius 1 is 1.09 bits per heavy atom. The van der Waals surface area contributed by atoms with E-state index in [1.165, 1.54) is 29.8 Å². The van der Waals surface area contributed by atoms with Gasteiger partial charge in [-0.05, 0) is 66.9 Å². The number of hydrogen-bond donors (Lipinski definition) is 1. The fourth-order valence-electron chi connectivity index (χ4n) is 8.57. The lowest BCUT2D eigenvalue weighted by Crippen LogP contribution is -2.48. The summed E-state index contributed by atoms with van der Waals surface area (Å²) in [6.45, 7) is 13.7. The molecule has 1 saturated heterocycles. The fraction of sp³-hybridized carbons (Fsp3) is 0.571. The predicted molar refractivity (Wildman–Crippen MR) is 209 cm³/mol. The summed E-state index contributed by atoms with van der Waals surface area (Å²) in [6.07, 6.45) is 3.80. The highest BCUT2D eigenvalue weighted by Crippen LogP contribution is 2.57. The molecule has 2 aromatic heterocycles. The average molecular weight is 792 g/mol. The van der Waals surface area contributed by atoms with Crippen molar-refractivity contribution < 1.29 is 38.5 Å². The van der Waals surface area contributed by atoms with E-state index in [1.807, 2.05) is 32.2 Å². The van der Waals surface area contributed by atoms with E-state index in [1.54, 1.807) is 18.2 Å². The van der Waals surface area contributed by atoms with E-state index in [4.69, 9.17) is 35.8 Å². The van der Waals surface area contributed by atoms with Crippen molar-refractivity contribution in [3.05, 3.63) is 47.0 Å². The summed E-state index contributed by atoms with van der Waals surface area (Å²) in [5.41, 5.74) is 0.0225. The van der Waals surface area contributed by atoms with Gasteiger partial charge in [-0.2, -0.15) is 0 Å². The molecule has 7 rings (SSSR count). The summed E-state index contributed by atoms with van der Waals surface area (Å²) in [5, 5.41) is 13.8. The number of allylic oxidation sites excluding steroid dienone is 1. The zero-order valence-corrected chi connectivity index (χ0v) is 33.9. The van der Waals surface area contributed by atoms with Crippen LogP contribution in [-0.4, -0.2) is 75.5 Å². The Balaban J connectivity index is 1.21. The number of carboxylic acids is 1. The van der Waals surface area contributed by atoms with Gasteiger partial charge in [-0.15, -0.1) is 17.9 Å². The highest BCUT2D eigenvalue weighted by molar-refractivity contribution is 7.13. The SMILES string of the molecule is C=C[C@@H]1C[C@]1(CC(=O)[C@@H]1C[C@@H](Oc2cc(-c3nc(C(C)C)cs3)nc3c(Cl)c(OC)ccc23)CN1C(=O)C(CC(=O)OC1C[C@@H]2C[C@@H]2C1)C(C)(C)C)C(=O)O. The second kappa shape index (κ2) is 14.8. The van der Waals surface area contributed by atoms with Crippen LogP contribution in [0.25, 0.3) is 21.6 Å². The molecule has 2 unspecified atom stereocenters. The first kappa shape index (κ1) is 39.2. The van der Waals surface area contributed by atoms with Crippen LogP contribution in [-0.2, 0) is 23.9 Å². The molecule has 3 aliphatic carbocycles. The lowest BCUT2D eigenvalue weighted by atomic mass is 9.77. The van der Waals surface area contributed by atoms with Crippen LogP contribution in [0, 0.1) is 34.5 Å². The Morgan fingerprint density at radius 3 is 2.42 bits per heavy atom. The Morgan fingerprint density at radius 2 is 1.82 bits per heavy atom. The average Bonchev–Trinajstić information content (AvgIpc) is 3.77. The van der Waals surface area contributed by atoms with Crippen molar-refractivity contribution in [2.24, 2.45) is 34.5 Å². The number of carboxylic acid groups (broad SMARTS) is 1. The van der Waals surface area contributed by atoms with Gasteiger partial charge in [0, 0.05) is 29.7 Å². The number of rotatable bonds is 14. The third kappa shape index (κ3) is 7.73. The van der Waals surface area contributed by atoms with Crippen molar-refractivity contribution in [2.75, 3.05) is 13.7 Å². The Labute approximate surface area is 330 Å². The summed E-state index contributed by atoms with van der Waals surface area (Å²) < 4.78 is 18.1. The number of aliphatic carboxylic acids is 1. The third-order valence-electron chi connectivity index (χ3n) is 12.2. The number of aromatic nitrogens is 2. The first-order valence-electron chi connectivity index (χ1n) is 19.2. The number of amides is 1. The third-order valence-corrected chi connectivity index (χ3v) is 13.4. The maximum Gasteiger partial charge on any atom is 0.310 e. The van der Waals surface area contributed by atoms with Gasteiger partial charge < -0.3 is 24.2 Å². The molecule has 55 heavy (non-hydrogen) atoms. The number of ketones is 1. The van der Waals surface area contributed by atoms with E-state index in [-0.39, 0.29) is 55.4 Å². The summed E-state index contributed by atoms with van der Waals surface area (Å²) >= 11 is 8.28. The van der Waals surface area contributed by atoms with Crippen LogP contribution < -0.4 is 9.47 Å². The number of halogens is 1. The molecule has 13 heteroatoms. The number of carbonyl (C=O) groups is 4. The van der Waals surface area contributed by atoms with Crippen LogP contribution in [0.5, 0.6) is 11.5 Å². The van der Waals surface area contributed by atoms with E-state index in [0.717, 1.165) is 18.5 Å². The summed E-state index contributed by atoms with van der Waals surface area (Å²) in [6, 6.07) is 4.37. The Hall–Kier alpha value is -4.03. The van der Waals surface area contributed by atoms with Crippen LogP contribution in [0.1, 0.15) is 91.2 Å². The number of fused-ring (bicyclic) bond motifs is 2. The maximum atomic E-state index is 14.7. The quantitative estimate of drug-likeness (QED) is 0.126. The van der Waals surface area contributed by atoms with Crippen LogP contribution >= 0.6 is 22.9 Å². The lowest BCUT2D eigenvalue weighted by molar-refractivity contribution is -0.157. The highest BCUT2D eigenvalue weighted by atomic mass is 35.5. The molecule has 3 aromatic rings. The molecular formula is C42H50ClN3O8S. The van der Waals surface area contributed by atoms with Crippen molar-refractivity contribution in [2.45, 2.75) is 104 Å². The molecule has 1 aromatic carbocycles. The van der Waals surface area contributed by atoms with Crippen LogP contribution in [0.2, 0.25) is 5.02 Å². The van der Waals surface area contributed by atoms with Gasteiger partial charge in [-0.25, -0.2) is 9.97 Å². The van der Waals surface area contributed by atoms with Gasteiger partial charge in [0.1, 0.15) is 39.4 Å². The number of pyridine rings is 1. The minimum atomic E-state index is -1.25. The molecule has 3 saturated carbocycles. The zero-order chi connectivity index (χ0) is 39.6. The molecule has 4 aliphatic rings. The number of methoxy groups -OCH3 is 1. The van der Waals surface area contributed by atoms with E-state index >= 15 is 0 Å². The highest BCUT2D eigenvalue weighted by Gasteiger charge is 2.61. The number of Topliss-reactive ketones (excluding diaryl/α,β-unsaturated/α-hetero) is 1. The number of ether oxygens (including phenoxy) is 3. The number of benzene rings is 1. The van der Waals surface area contributed by atoms with Gasteiger partial charge in [0.15, 0.2) is 5.78 Å². The van der Waals surface area contributed by atoms with Gasteiger partial charge in [0.25, 0.3) is 0 Å². The summed E-state index contributed by atoms with van der Waals surface area (Å²) in [5.74, 6) is -0.950. The van der Waals surface area contributed by atoms with Gasteiger partial charge in [0.2, 0.25) is 5.91 Å². The summed E-state index contributed by atoms with van der Waals surface area (Å²) in [4.78, 5) is 66.0. The molecule has 0 radical (unpaired) electrons. The van der Waals surface area contributed by atoms with Crippen molar-refractivity contribution >= 4 is 57.5 Å². The predicted octanol–water partition coefficient (Wildman–Crippen LogP) is 8.12. The van der Waals surface area contributed by atoms with Crippen LogP contribution in [0.3, 0.4) is 0 Å². The molecule has 3 heterocycles. The smallest absolute Gasteiger partial charge is 0.310 e. The number of thiazole rings is 1. The van der Waals surface area contributed by atoms with Gasteiger partial charge in [-0.3, -0.25) is 19.2 Å². The number of carbonyl (C=O) groups excluding carboxylic acids is 3. The van der Waals surface area contributed by atoms with Gasteiger partial charge in [-0.1, -0.05) is 52.3 Å². The first-order chi connectivity index (χ1) is 26.0. The largest absolute Gasteiger partial charge is 0.495 e. The molecule has 8 atom stereocenters. The normalized spacial score (nSPS) is 27.5. The molecule has 0 spiro atoms. The number of hydrogen-bond acceptors (Lipinski definition) is 10. The zero-order valence-electron chi connectivity index (χ0n) is 32.3. The molecule has 1 amide bonds. The number of nitrogens with zero attached hydrogens (tertiary/aromatic N) is 3. The topological polar surface area (TPSA) is 145 Å². The molecule has 1 aliphatic heterocycles. The van der Waals surface area contributed by atoms with Crippen molar-refractivity contribution in [1.82, 2.24) is 14.9 Å². The Bertz CT molecular complexity index is 2030. The molecule has 294 valence electrons. The molecular weight excluding hydrogens is 742 g/mol. The van der Waals surface area contributed by atoms with Crippen molar-refractivity contribution in [3.63, 3.8) is 0 Å². The maximum absolute atomic E-state index is 14.7. The standard InChI is InChI=1S/C42H50ClN3O8S/c1-8-24-17-42(24,40(50)51)18-32(47)31-14-26(19-46(31)39(49)28(41(4,5)6)15-35(48)54-25-12-22-11-23(22)13-25)53-34-16-29(38-45-30(20-55-38)21(2)3)44-37-27(34)9-10-33(52-7)36(37)43/h8-10,16,20-26,28,31H,1,11-15,17-19H2,2-7H3,(H,50,51)/t22-,23+,24-,25?,26-,28?,31+,42-/m1/s1. The van der Waals surface area contributed by atoms with E-state index in [2.05, 4.69) is 20.4 Å². The molecule has 4 fully saturated rings. The first-order valence-corrected chi connectivity index (χ1v) is 20.5. The van der Waals surface area contributed by atoms with E-state index < -0.39 is 40.8 Å². The minimum absolute atomic E-state index is 0.0472. The van der Waals surface area contributed by atoms with Crippen molar-refractivity contribution in [3.8, 4) is 22.2 Å². The number of likely N-dealkylation sites (tertiary alicyclic amines) is 1. The van der Waals surface area contributed by atoms with Crippen LogP contribution in [0.4, 0.5) is 0 Å². The summed E-state index contributed by atoms with van der Waals surface area (Å²) in [7, 11) is 1.53. The minimum Gasteiger partial charge on any atom is -0.495 e. The van der Waals surface area contributed by atoms with E-state index in [0.29, 0.717) is 56.4 Å². The second-order valence-electron chi connectivity index (χ2n) is 17.3. The fourth-order valence-corrected chi connectivity index (χ4v) is 9.79. The monoisotopic (exact) mass is 791 g/mol. The Kier molecular flexibility index (Phi) is 10.6. The molecule has 0 bridgehead atoms. The second-order valence-corrected chi connectivity index (χ2v) is 18.5. The van der Waals surface area contributed by atoms with E-state index in [9.17, 15) is 24.3 Å². The van der Waals surface area contributed by atoms with Crippen molar-refractivity contribution in [1.29, 1.82) is 0 Å². The molecule has 11 nitrogen and oxygen atoms in total. The molecule has 1 N–H and O–H groups in total. The number of esters is 1. The van der Waals surface area contributed by atoms with Crippen LogP contribution in [0.15, 0.2) is 36.2 Å². The van der Waals surface area contributed by atoms with Gasteiger partial charge in [0.05, 0.1) is 48.7 Å². The lowest BCUT2D eigenvalue weighted by Gasteiger charge is -2.35.